The fraction of sp³-hybridized carbons (Fsp3) is 0.333. The Bertz CT molecular complexity index is 774. The maximum atomic E-state index is 12.7. The molecular weight excluding hydrogens is 268 g/mol. The molecule has 108 valence electrons. The van der Waals surface area contributed by atoms with Crippen LogP contribution in [0.3, 0.4) is 0 Å². The molecule has 1 aromatic heterocycles. The molecule has 1 unspecified atom stereocenters. The minimum Gasteiger partial charge on any atom is -0.312 e. The zero-order valence-electron chi connectivity index (χ0n) is 11.7. The van der Waals surface area contributed by atoms with Crippen molar-refractivity contribution in [2.45, 2.75) is 19.1 Å². The van der Waals surface area contributed by atoms with Crippen LogP contribution in [0.5, 0.6) is 0 Å². The van der Waals surface area contributed by atoms with Gasteiger partial charge in [0.15, 0.2) is 0 Å². The zero-order valence-corrected chi connectivity index (χ0v) is 11.7. The predicted molar refractivity (Wildman–Crippen MR) is 76.9 cm³/mol. The average Bonchev–Trinajstić information content (AvgIpc) is 3.04. The molecule has 1 aromatic carbocycles. The Morgan fingerprint density at radius 1 is 1.19 bits per heavy atom. The van der Waals surface area contributed by atoms with E-state index in [9.17, 15) is 9.59 Å². The maximum Gasteiger partial charge on any atom is 0.274 e. The van der Waals surface area contributed by atoms with E-state index in [-0.39, 0.29) is 11.5 Å². The molecule has 0 saturated carbocycles. The Hall–Kier alpha value is -2.34. The normalized spacial score (nSPS) is 24.0. The summed E-state index contributed by atoms with van der Waals surface area (Å²) < 4.78 is 1.65. The molecule has 1 saturated heterocycles. The largest absolute Gasteiger partial charge is 0.312 e. The van der Waals surface area contributed by atoms with Gasteiger partial charge in [0, 0.05) is 19.2 Å². The molecule has 6 nitrogen and oxygen atoms in total. The summed E-state index contributed by atoms with van der Waals surface area (Å²) >= 11 is 0. The maximum absolute atomic E-state index is 12.7. The molecule has 2 aliphatic rings. The second-order valence-electron chi connectivity index (χ2n) is 5.70. The van der Waals surface area contributed by atoms with Crippen molar-refractivity contribution in [3.8, 4) is 0 Å². The lowest BCUT2D eigenvalue weighted by Crippen LogP contribution is -2.57. The Kier molecular flexibility index (Phi) is 2.41. The SMILES string of the molecule is Cc1ccc(C23Cn4[nH]c(=O)cc4C(=O)N2CCN3)cc1. The number of nitrogens with zero attached hydrogens (tertiary/aromatic N) is 2. The predicted octanol–water partition coefficient (Wildman–Crippen LogP) is 0.397. The lowest BCUT2D eigenvalue weighted by atomic mass is 9.95. The van der Waals surface area contributed by atoms with Crippen molar-refractivity contribution < 1.29 is 4.79 Å². The third-order valence-corrected chi connectivity index (χ3v) is 4.40. The average molecular weight is 284 g/mol. The van der Waals surface area contributed by atoms with E-state index in [4.69, 9.17) is 0 Å². The van der Waals surface area contributed by atoms with Gasteiger partial charge in [-0.1, -0.05) is 29.8 Å². The van der Waals surface area contributed by atoms with Crippen molar-refractivity contribution >= 4 is 5.91 Å². The van der Waals surface area contributed by atoms with E-state index >= 15 is 0 Å². The Labute approximate surface area is 121 Å². The minimum absolute atomic E-state index is 0.106. The van der Waals surface area contributed by atoms with Crippen LogP contribution in [0.1, 0.15) is 21.6 Å². The van der Waals surface area contributed by atoms with E-state index in [2.05, 4.69) is 10.4 Å². The van der Waals surface area contributed by atoms with E-state index in [1.54, 1.807) is 4.68 Å². The van der Waals surface area contributed by atoms with Crippen LogP contribution in [0.2, 0.25) is 0 Å². The van der Waals surface area contributed by atoms with Crippen LogP contribution in [0, 0.1) is 6.92 Å². The molecule has 0 spiro atoms. The van der Waals surface area contributed by atoms with Crippen molar-refractivity contribution in [3.63, 3.8) is 0 Å². The van der Waals surface area contributed by atoms with Gasteiger partial charge >= 0.3 is 0 Å². The van der Waals surface area contributed by atoms with Gasteiger partial charge in [-0.25, -0.2) is 0 Å². The lowest BCUT2D eigenvalue weighted by Gasteiger charge is -2.42. The van der Waals surface area contributed by atoms with Crippen molar-refractivity contribution in [1.82, 2.24) is 20.0 Å². The molecule has 2 aliphatic heterocycles. The first kappa shape index (κ1) is 12.4. The topological polar surface area (TPSA) is 70.1 Å². The van der Waals surface area contributed by atoms with Gasteiger partial charge in [0.1, 0.15) is 11.4 Å². The second kappa shape index (κ2) is 4.08. The summed E-state index contributed by atoms with van der Waals surface area (Å²) in [6.45, 7) is 3.94. The molecular formula is C15H16N4O2. The van der Waals surface area contributed by atoms with E-state index < -0.39 is 5.66 Å². The molecule has 2 N–H and O–H groups in total. The molecule has 1 amide bonds. The first-order valence-corrected chi connectivity index (χ1v) is 7.04. The van der Waals surface area contributed by atoms with Gasteiger partial charge in [0.05, 0.1) is 6.54 Å². The number of carbonyl (C=O) groups is 1. The fourth-order valence-electron chi connectivity index (χ4n) is 3.35. The van der Waals surface area contributed by atoms with Gasteiger partial charge in [-0.2, -0.15) is 0 Å². The van der Waals surface area contributed by atoms with E-state index in [1.807, 2.05) is 36.1 Å². The number of aromatic amines is 1. The zero-order chi connectivity index (χ0) is 14.6. The second-order valence-corrected chi connectivity index (χ2v) is 5.70. The number of nitrogens with one attached hydrogen (secondary N) is 2. The highest BCUT2D eigenvalue weighted by Gasteiger charge is 2.49. The summed E-state index contributed by atoms with van der Waals surface area (Å²) in [4.78, 5) is 26.0. The summed E-state index contributed by atoms with van der Waals surface area (Å²) in [5.74, 6) is -0.106. The lowest BCUT2D eigenvalue weighted by molar-refractivity contribution is 0.0375. The van der Waals surface area contributed by atoms with Gasteiger partial charge in [0.2, 0.25) is 0 Å². The fourth-order valence-corrected chi connectivity index (χ4v) is 3.35. The number of benzene rings is 1. The highest BCUT2D eigenvalue weighted by atomic mass is 16.2. The number of rotatable bonds is 1. The first-order valence-electron chi connectivity index (χ1n) is 7.04. The summed E-state index contributed by atoms with van der Waals surface area (Å²) in [7, 11) is 0. The molecule has 1 fully saturated rings. The Morgan fingerprint density at radius 2 is 1.95 bits per heavy atom. The number of H-pyrrole nitrogens is 1. The van der Waals surface area contributed by atoms with Crippen LogP contribution >= 0.6 is 0 Å². The number of hydrogen-bond acceptors (Lipinski definition) is 3. The van der Waals surface area contributed by atoms with Crippen molar-refractivity contribution in [2.24, 2.45) is 0 Å². The molecule has 6 heteroatoms. The van der Waals surface area contributed by atoms with Gasteiger partial charge in [-0.3, -0.25) is 24.7 Å². The van der Waals surface area contributed by atoms with Crippen molar-refractivity contribution in [2.75, 3.05) is 13.1 Å². The standard InChI is InChI=1S/C15H16N4O2/c1-10-2-4-11(5-3-10)15-9-19-12(8-13(20)17-19)14(21)18(15)7-6-16-15/h2-5,8,16H,6-7,9H2,1H3,(H,17,20). The molecule has 3 heterocycles. The first-order chi connectivity index (χ1) is 10.1. The number of amides is 1. The number of carbonyl (C=O) groups excluding carboxylic acids is 1. The summed E-state index contributed by atoms with van der Waals surface area (Å²) in [5.41, 5.74) is 1.85. The molecule has 0 aliphatic carbocycles. The molecule has 1 atom stereocenters. The highest BCUT2D eigenvalue weighted by molar-refractivity contribution is 5.94. The van der Waals surface area contributed by atoms with Crippen molar-refractivity contribution in [3.05, 3.63) is 57.5 Å². The Morgan fingerprint density at radius 3 is 2.71 bits per heavy atom. The molecule has 4 rings (SSSR count). The quantitative estimate of drug-likeness (QED) is 0.796. The third kappa shape index (κ3) is 1.62. The van der Waals surface area contributed by atoms with Crippen LogP contribution in [-0.4, -0.2) is 33.7 Å². The van der Waals surface area contributed by atoms with E-state index in [1.165, 1.54) is 11.6 Å². The van der Waals surface area contributed by atoms with E-state index in [0.717, 1.165) is 12.1 Å². The van der Waals surface area contributed by atoms with Crippen LogP contribution in [0.4, 0.5) is 0 Å². The third-order valence-electron chi connectivity index (χ3n) is 4.40. The summed E-state index contributed by atoms with van der Waals surface area (Å²) in [6, 6.07) is 9.54. The minimum atomic E-state index is -0.570. The number of fused-ring (bicyclic) bond motifs is 2. The molecule has 21 heavy (non-hydrogen) atoms. The number of hydrogen-bond donors (Lipinski definition) is 2. The monoisotopic (exact) mass is 284 g/mol. The van der Waals surface area contributed by atoms with Gasteiger partial charge in [-0.05, 0) is 12.5 Å². The molecule has 2 aromatic rings. The summed E-state index contributed by atoms with van der Waals surface area (Å²) in [6.07, 6.45) is 0. The Balaban J connectivity index is 1.89. The van der Waals surface area contributed by atoms with Gasteiger partial charge in [0.25, 0.3) is 11.5 Å². The van der Waals surface area contributed by atoms with Gasteiger partial charge < -0.3 is 4.90 Å². The van der Waals surface area contributed by atoms with Crippen LogP contribution in [0.15, 0.2) is 35.1 Å². The summed E-state index contributed by atoms with van der Waals surface area (Å²) in [5, 5.41) is 6.17. The smallest absolute Gasteiger partial charge is 0.274 e. The molecule has 0 bridgehead atoms. The highest BCUT2D eigenvalue weighted by Crippen LogP contribution is 2.35. The van der Waals surface area contributed by atoms with Crippen LogP contribution < -0.4 is 10.9 Å². The number of aryl methyl sites for hydroxylation is 1. The van der Waals surface area contributed by atoms with E-state index in [0.29, 0.717) is 18.8 Å². The van der Waals surface area contributed by atoms with Gasteiger partial charge in [-0.15, -0.1) is 0 Å². The van der Waals surface area contributed by atoms with Crippen LogP contribution in [0.25, 0.3) is 0 Å². The number of aromatic nitrogens is 2. The molecule has 0 radical (unpaired) electrons. The van der Waals surface area contributed by atoms with Crippen LogP contribution in [-0.2, 0) is 12.2 Å². The van der Waals surface area contributed by atoms with Crippen molar-refractivity contribution in [1.29, 1.82) is 0 Å².